The lowest BCUT2D eigenvalue weighted by Gasteiger charge is -2.40. The molecule has 0 amide bonds. The van der Waals surface area contributed by atoms with E-state index in [0.29, 0.717) is 18.1 Å². The second-order valence-electron chi connectivity index (χ2n) is 6.02. The number of hydrogen-bond acceptors (Lipinski definition) is 4. The topological polar surface area (TPSA) is 33.6 Å². The Morgan fingerprint density at radius 2 is 2.16 bits per heavy atom. The molecule has 1 N–H and O–H groups in total. The van der Waals surface area contributed by atoms with E-state index >= 15 is 0 Å². The zero-order valence-corrected chi connectivity index (χ0v) is 14.2. The lowest BCUT2D eigenvalue weighted by Crippen LogP contribution is -2.46. The zero-order valence-electron chi connectivity index (χ0n) is 13.3. The number of thioether (sulfide) groups is 1. The maximum absolute atomic E-state index is 14.2. The van der Waals surface area contributed by atoms with Crippen LogP contribution in [0.15, 0.2) is 60.2 Å². The molecular weight excluding hydrogens is 342 g/mol. The van der Waals surface area contributed by atoms with Crippen LogP contribution in [0.5, 0.6) is 5.75 Å². The molecule has 1 spiro atoms. The predicted octanol–water partition coefficient (Wildman–Crippen LogP) is 4.40. The van der Waals surface area contributed by atoms with Crippen LogP contribution >= 0.6 is 11.8 Å². The molecule has 6 heteroatoms. The third kappa shape index (κ3) is 2.61. The Kier molecular flexibility index (Phi) is 4.00. The molecule has 2 atom stereocenters. The molecule has 3 nitrogen and oxygen atoms in total. The highest BCUT2D eigenvalue weighted by Gasteiger charge is 2.50. The highest BCUT2D eigenvalue weighted by molar-refractivity contribution is 8.15. The monoisotopic (exact) mass is 358 g/mol. The molecule has 0 saturated carbocycles. The van der Waals surface area contributed by atoms with Gasteiger partial charge in [0.1, 0.15) is 27.3 Å². The van der Waals surface area contributed by atoms with E-state index in [1.54, 1.807) is 0 Å². The number of nitrogens with one attached hydrogen (secondary N) is 1. The van der Waals surface area contributed by atoms with Gasteiger partial charge in [0.2, 0.25) is 0 Å². The molecule has 2 heterocycles. The minimum Gasteiger partial charge on any atom is -0.493 e. The van der Waals surface area contributed by atoms with E-state index in [2.05, 4.69) is 17.1 Å². The average molecular weight is 358 g/mol. The highest BCUT2D eigenvalue weighted by Crippen LogP contribution is 2.52. The van der Waals surface area contributed by atoms with Crippen molar-refractivity contribution in [1.82, 2.24) is 5.43 Å². The number of halogens is 2. The summed E-state index contributed by atoms with van der Waals surface area (Å²) >= 11 is 1.41. The van der Waals surface area contributed by atoms with Gasteiger partial charge in [-0.05, 0) is 30.7 Å². The summed E-state index contributed by atoms with van der Waals surface area (Å²) in [7, 11) is 0. The van der Waals surface area contributed by atoms with Crippen LogP contribution < -0.4 is 10.2 Å². The van der Waals surface area contributed by atoms with E-state index in [9.17, 15) is 8.78 Å². The van der Waals surface area contributed by atoms with Gasteiger partial charge in [0.15, 0.2) is 0 Å². The van der Waals surface area contributed by atoms with Gasteiger partial charge in [0.25, 0.3) is 0 Å². The van der Waals surface area contributed by atoms with Crippen LogP contribution in [0.1, 0.15) is 17.5 Å². The molecule has 2 aromatic carbocycles. The number of hydrazone groups is 1. The number of ether oxygens (including phenoxy) is 1. The quantitative estimate of drug-likeness (QED) is 0.826. The Labute approximate surface area is 148 Å². The molecule has 0 saturated heterocycles. The molecule has 0 bridgehead atoms. The van der Waals surface area contributed by atoms with Gasteiger partial charge in [0, 0.05) is 17.0 Å². The molecule has 0 radical (unpaired) electrons. The van der Waals surface area contributed by atoms with Gasteiger partial charge in [-0.15, -0.1) is 6.58 Å². The maximum Gasteiger partial charge on any atom is 0.141 e. The molecule has 0 unspecified atom stereocenters. The van der Waals surface area contributed by atoms with Crippen LogP contribution in [0, 0.1) is 17.6 Å². The van der Waals surface area contributed by atoms with Crippen LogP contribution in [-0.2, 0) is 4.87 Å². The summed E-state index contributed by atoms with van der Waals surface area (Å²) in [6, 6.07) is 11.1. The minimum absolute atomic E-state index is 0.0581. The van der Waals surface area contributed by atoms with Crippen molar-refractivity contribution in [3.05, 3.63) is 77.9 Å². The second kappa shape index (κ2) is 6.19. The van der Waals surface area contributed by atoms with Crippen molar-refractivity contribution in [3.8, 4) is 5.75 Å². The van der Waals surface area contributed by atoms with E-state index in [-0.39, 0.29) is 11.5 Å². The average Bonchev–Trinajstić information content (AvgIpc) is 3.06. The van der Waals surface area contributed by atoms with E-state index in [0.717, 1.165) is 23.4 Å². The van der Waals surface area contributed by atoms with E-state index in [1.807, 2.05) is 30.3 Å². The third-order valence-electron chi connectivity index (χ3n) is 4.49. The standard InChI is InChI=1S/C19H16F2N2OS/c1-2-5-12-11-24-17-7-4-3-6-15(17)19(12)23-22-18(25-19)14-10-13(20)8-9-16(14)21/h2-4,6-10,12,23H,1,5,11H2/t12-,19+/m1/s1. The summed E-state index contributed by atoms with van der Waals surface area (Å²) in [6.45, 7) is 4.33. The summed E-state index contributed by atoms with van der Waals surface area (Å²) < 4.78 is 33.6. The number of benzene rings is 2. The molecule has 2 aliphatic heterocycles. The molecule has 4 rings (SSSR count). The van der Waals surface area contributed by atoms with Crippen molar-refractivity contribution < 1.29 is 13.5 Å². The van der Waals surface area contributed by atoms with Crippen LogP contribution in [0.3, 0.4) is 0 Å². The van der Waals surface area contributed by atoms with Crippen molar-refractivity contribution in [2.75, 3.05) is 6.61 Å². The number of hydrogen-bond donors (Lipinski definition) is 1. The number of nitrogens with zero attached hydrogens (tertiary/aromatic N) is 1. The molecule has 0 aromatic heterocycles. The van der Waals surface area contributed by atoms with Crippen LogP contribution in [0.25, 0.3) is 0 Å². The Bertz CT molecular complexity index is 870. The lowest BCUT2D eigenvalue weighted by molar-refractivity contribution is 0.163. The number of allylic oxidation sites excluding steroid dienone is 1. The summed E-state index contributed by atoms with van der Waals surface area (Å²) in [5, 5.41) is 4.78. The van der Waals surface area contributed by atoms with Gasteiger partial charge >= 0.3 is 0 Å². The van der Waals surface area contributed by atoms with Crippen molar-refractivity contribution in [1.29, 1.82) is 0 Å². The first-order valence-electron chi connectivity index (χ1n) is 7.96. The fourth-order valence-corrected chi connectivity index (χ4v) is 4.62. The first-order valence-corrected chi connectivity index (χ1v) is 8.78. The van der Waals surface area contributed by atoms with Gasteiger partial charge in [-0.25, -0.2) is 8.78 Å². The van der Waals surface area contributed by atoms with Gasteiger partial charge < -0.3 is 4.74 Å². The molecular formula is C19H16F2N2OS. The van der Waals surface area contributed by atoms with Gasteiger partial charge in [-0.2, -0.15) is 5.10 Å². The fraction of sp³-hybridized carbons (Fsp3) is 0.211. The highest BCUT2D eigenvalue weighted by atomic mass is 32.2. The second-order valence-corrected chi connectivity index (χ2v) is 7.25. The number of fused-ring (bicyclic) bond motifs is 2. The van der Waals surface area contributed by atoms with Crippen LogP contribution in [0.4, 0.5) is 8.78 Å². The van der Waals surface area contributed by atoms with Crippen LogP contribution in [0.2, 0.25) is 0 Å². The van der Waals surface area contributed by atoms with Crippen molar-refractivity contribution >= 4 is 16.8 Å². The number of rotatable bonds is 3. The zero-order chi connectivity index (χ0) is 17.4. The Hall–Kier alpha value is -2.34. The van der Waals surface area contributed by atoms with Crippen LogP contribution in [-0.4, -0.2) is 11.7 Å². The molecule has 25 heavy (non-hydrogen) atoms. The molecule has 0 aliphatic carbocycles. The van der Waals surface area contributed by atoms with Gasteiger partial charge in [-0.3, -0.25) is 5.43 Å². The summed E-state index contributed by atoms with van der Waals surface area (Å²) in [5.74, 6) is -0.149. The molecule has 2 aliphatic rings. The maximum atomic E-state index is 14.2. The SMILES string of the molecule is C=CC[C@@H]1COc2ccccc2[C@]12NN=C(c1cc(F)ccc1F)S2. The third-order valence-corrected chi connectivity index (χ3v) is 5.96. The van der Waals surface area contributed by atoms with Crippen molar-refractivity contribution in [2.24, 2.45) is 11.0 Å². The molecule has 2 aromatic rings. The Balaban J connectivity index is 1.76. The first kappa shape index (κ1) is 16.1. The summed E-state index contributed by atoms with van der Waals surface area (Å²) in [6.07, 6.45) is 2.55. The largest absolute Gasteiger partial charge is 0.493 e. The lowest BCUT2D eigenvalue weighted by atomic mass is 9.88. The normalized spacial score (nSPS) is 24.2. The smallest absolute Gasteiger partial charge is 0.141 e. The van der Waals surface area contributed by atoms with Gasteiger partial charge in [0.05, 0.1) is 6.61 Å². The van der Waals surface area contributed by atoms with Crippen molar-refractivity contribution in [3.63, 3.8) is 0 Å². The number of para-hydroxylation sites is 1. The Morgan fingerprint density at radius 3 is 3.00 bits per heavy atom. The van der Waals surface area contributed by atoms with Gasteiger partial charge in [-0.1, -0.05) is 36.0 Å². The van der Waals surface area contributed by atoms with E-state index in [4.69, 9.17) is 4.74 Å². The minimum atomic E-state index is -0.586. The fourth-order valence-electron chi connectivity index (χ4n) is 3.26. The van der Waals surface area contributed by atoms with E-state index in [1.165, 1.54) is 17.8 Å². The first-order chi connectivity index (χ1) is 12.1. The molecule has 128 valence electrons. The Morgan fingerprint density at radius 1 is 1.32 bits per heavy atom. The summed E-state index contributed by atoms with van der Waals surface area (Å²) in [5.41, 5.74) is 4.31. The van der Waals surface area contributed by atoms with E-state index < -0.39 is 16.5 Å². The predicted molar refractivity (Wildman–Crippen MR) is 95.5 cm³/mol. The molecule has 0 fully saturated rings. The summed E-state index contributed by atoms with van der Waals surface area (Å²) in [4.78, 5) is -0.586. The van der Waals surface area contributed by atoms with Crippen molar-refractivity contribution in [2.45, 2.75) is 11.3 Å².